The van der Waals surface area contributed by atoms with Crippen molar-refractivity contribution in [3.8, 4) is 5.69 Å². The van der Waals surface area contributed by atoms with Gasteiger partial charge in [0, 0.05) is 11.2 Å². The third-order valence-corrected chi connectivity index (χ3v) is 3.30. The lowest BCUT2D eigenvalue weighted by Crippen LogP contribution is -2.24. The zero-order chi connectivity index (χ0) is 14.3. The fourth-order valence-corrected chi connectivity index (χ4v) is 2.29. The number of pyridine rings is 1. The first-order valence-corrected chi connectivity index (χ1v) is 6.35. The lowest BCUT2D eigenvalue weighted by Gasteiger charge is -2.12. The van der Waals surface area contributed by atoms with Gasteiger partial charge in [0.1, 0.15) is 0 Å². The molecule has 0 aliphatic carbocycles. The zero-order valence-electron chi connectivity index (χ0n) is 10.7. The maximum absolute atomic E-state index is 12.4. The van der Waals surface area contributed by atoms with Crippen molar-refractivity contribution in [2.45, 2.75) is 6.92 Å². The highest BCUT2D eigenvalue weighted by molar-refractivity contribution is 6.31. The number of aromatic nitrogens is 3. The molecule has 0 bridgehead atoms. The molecular weight excluding hydrogens is 276 g/mol. The molecule has 0 saturated heterocycles. The third-order valence-electron chi connectivity index (χ3n) is 3.06. The first kappa shape index (κ1) is 12.6. The maximum Gasteiger partial charge on any atom is 0.298 e. The van der Waals surface area contributed by atoms with Gasteiger partial charge in [-0.15, -0.1) is 0 Å². The van der Waals surface area contributed by atoms with E-state index in [0.29, 0.717) is 21.7 Å². The molecule has 100 valence electrons. The fourth-order valence-electron chi connectivity index (χ4n) is 2.12. The molecule has 3 rings (SSSR count). The summed E-state index contributed by atoms with van der Waals surface area (Å²) < 4.78 is 1.49. The third kappa shape index (κ3) is 1.92. The summed E-state index contributed by atoms with van der Waals surface area (Å²) in [5.41, 5.74) is 7.94. The van der Waals surface area contributed by atoms with E-state index in [1.54, 1.807) is 30.5 Å². The molecular formula is C14H11ClN4O. The topological polar surface area (TPSA) is 73.8 Å². The van der Waals surface area contributed by atoms with E-state index >= 15 is 0 Å². The van der Waals surface area contributed by atoms with Crippen molar-refractivity contribution in [1.29, 1.82) is 0 Å². The summed E-state index contributed by atoms with van der Waals surface area (Å²) in [6.45, 7) is 1.83. The minimum atomic E-state index is -0.379. The Labute approximate surface area is 119 Å². The lowest BCUT2D eigenvalue weighted by atomic mass is 10.2. The number of halogens is 1. The molecule has 5 nitrogen and oxygen atoms in total. The van der Waals surface area contributed by atoms with Gasteiger partial charge in [-0.3, -0.25) is 14.3 Å². The van der Waals surface area contributed by atoms with Gasteiger partial charge in [-0.2, -0.15) is 0 Å². The molecule has 1 aromatic carbocycles. The summed E-state index contributed by atoms with van der Waals surface area (Å²) in [7, 11) is 0. The van der Waals surface area contributed by atoms with Crippen LogP contribution in [-0.4, -0.2) is 14.5 Å². The Hall–Kier alpha value is -2.40. The van der Waals surface area contributed by atoms with Crippen LogP contribution < -0.4 is 11.3 Å². The van der Waals surface area contributed by atoms with E-state index in [-0.39, 0.29) is 11.4 Å². The minimum absolute atomic E-state index is 0.0527. The molecule has 0 radical (unpaired) electrons. The molecule has 2 aromatic heterocycles. The van der Waals surface area contributed by atoms with Crippen molar-refractivity contribution in [2.24, 2.45) is 0 Å². The number of benzene rings is 1. The molecule has 0 aliphatic heterocycles. The molecule has 0 aliphatic rings. The Balaban J connectivity index is 2.51. The van der Waals surface area contributed by atoms with Crippen LogP contribution in [0.3, 0.4) is 0 Å². The molecule has 0 amide bonds. The van der Waals surface area contributed by atoms with Crippen LogP contribution in [0.5, 0.6) is 0 Å². The molecule has 2 N–H and O–H groups in total. The summed E-state index contributed by atoms with van der Waals surface area (Å²) >= 11 is 6.02. The molecule has 0 atom stereocenters. The van der Waals surface area contributed by atoms with Crippen molar-refractivity contribution in [2.75, 3.05) is 5.73 Å². The van der Waals surface area contributed by atoms with E-state index in [1.165, 1.54) is 4.57 Å². The van der Waals surface area contributed by atoms with Crippen LogP contribution in [0.2, 0.25) is 5.02 Å². The fraction of sp³-hybridized carbons (Fsp3) is 0.0714. The number of hydrogen-bond donors (Lipinski definition) is 1. The normalized spacial score (nSPS) is 10.9. The van der Waals surface area contributed by atoms with Gasteiger partial charge in [-0.25, -0.2) is 4.98 Å². The van der Waals surface area contributed by atoms with Crippen molar-refractivity contribution >= 4 is 28.5 Å². The van der Waals surface area contributed by atoms with Gasteiger partial charge in [0.05, 0.1) is 22.4 Å². The number of nitrogens with two attached hydrogens (primary N) is 1. The quantitative estimate of drug-likeness (QED) is 0.745. The number of hydrogen-bond acceptors (Lipinski definition) is 4. The highest BCUT2D eigenvalue weighted by Gasteiger charge is 2.12. The number of aryl methyl sites for hydroxylation is 1. The predicted octanol–water partition coefficient (Wildman–Crippen LogP) is 2.32. The summed E-state index contributed by atoms with van der Waals surface area (Å²) in [4.78, 5) is 20.7. The van der Waals surface area contributed by atoms with E-state index in [1.807, 2.05) is 13.0 Å². The first-order valence-electron chi connectivity index (χ1n) is 5.97. The van der Waals surface area contributed by atoms with E-state index < -0.39 is 0 Å². The number of fused-ring (bicyclic) bond motifs is 1. The molecule has 0 spiro atoms. The number of anilines is 1. The summed E-state index contributed by atoms with van der Waals surface area (Å²) in [6, 6.07) is 8.71. The van der Waals surface area contributed by atoms with E-state index in [0.717, 1.165) is 5.69 Å². The predicted molar refractivity (Wildman–Crippen MR) is 79.3 cm³/mol. The van der Waals surface area contributed by atoms with Crippen molar-refractivity contribution < 1.29 is 0 Å². The van der Waals surface area contributed by atoms with Gasteiger partial charge in [0.25, 0.3) is 5.56 Å². The van der Waals surface area contributed by atoms with Gasteiger partial charge >= 0.3 is 0 Å². The SMILES string of the molecule is Cc1ncccc1-n1c(=O)c(N)nc2ccc(Cl)cc21. The molecule has 2 heterocycles. The maximum atomic E-state index is 12.4. The number of rotatable bonds is 1. The zero-order valence-corrected chi connectivity index (χ0v) is 11.4. The molecule has 20 heavy (non-hydrogen) atoms. The van der Waals surface area contributed by atoms with Crippen LogP contribution >= 0.6 is 11.6 Å². The molecule has 0 saturated carbocycles. The molecule has 6 heteroatoms. The van der Waals surface area contributed by atoms with Crippen molar-refractivity contribution in [3.05, 3.63) is 57.6 Å². The second kappa shape index (κ2) is 4.61. The monoisotopic (exact) mass is 286 g/mol. The van der Waals surface area contributed by atoms with E-state index in [9.17, 15) is 4.79 Å². The van der Waals surface area contributed by atoms with Gasteiger partial charge in [-0.05, 0) is 37.3 Å². The van der Waals surface area contributed by atoms with Gasteiger partial charge in [0.15, 0.2) is 5.82 Å². The summed E-state index contributed by atoms with van der Waals surface area (Å²) in [6.07, 6.45) is 1.67. The van der Waals surface area contributed by atoms with Crippen molar-refractivity contribution in [3.63, 3.8) is 0 Å². The molecule has 0 fully saturated rings. The van der Waals surface area contributed by atoms with Crippen LogP contribution in [0.15, 0.2) is 41.3 Å². The van der Waals surface area contributed by atoms with E-state index in [4.69, 9.17) is 17.3 Å². The Kier molecular flexibility index (Phi) is 2.91. The van der Waals surface area contributed by atoms with Crippen LogP contribution in [0.25, 0.3) is 16.7 Å². The average Bonchev–Trinajstić information content (AvgIpc) is 2.42. The van der Waals surface area contributed by atoms with Gasteiger partial charge in [0.2, 0.25) is 0 Å². The Morgan fingerprint density at radius 3 is 2.85 bits per heavy atom. The van der Waals surface area contributed by atoms with Crippen LogP contribution in [-0.2, 0) is 0 Å². The summed E-state index contributed by atoms with van der Waals surface area (Å²) in [5, 5.41) is 0.527. The number of nitrogen functional groups attached to an aromatic ring is 1. The Bertz CT molecular complexity index is 873. The molecule has 0 unspecified atom stereocenters. The number of nitrogens with zero attached hydrogens (tertiary/aromatic N) is 3. The Morgan fingerprint density at radius 1 is 1.30 bits per heavy atom. The largest absolute Gasteiger partial charge is 0.379 e. The standard InChI is InChI=1S/C14H11ClN4O/c1-8-11(3-2-6-17-8)19-12-7-9(15)4-5-10(12)18-13(16)14(19)20/h2-7H,1H3,(H2,16,18). The lowest BCUT2D eigenvalue weighted by molar-refractivity contribution is 0.986. The smallest absolute Gasteiger partial charge is 0.298 e. The first-order chi connectivity index (χ1) is 9.58. The van der Waals surface area contributed by atoms with Gasteiger partial charge in [-0.1, -0.05) is 11.6 Å². The molecule has 3 aromatic rings. The highest BCUT2D eigenvalue weighted by atomic mass is 35.5. The van der Waals surface area contributed by atoms with Gasteiger partial charge < -0.3 is 5.73 Å². The highest BCUT2D eigenvalue weighted by Crippen LogP contribution is 2.21. The second-order valence-corrected chi connectivity index (χ2v) is 4.82. The van der Waals surface area contributed by atoms with Crippen molar-refractivity contribution in [1.82, 2.24) is 14.5 Å². The second-order valence-electron chi connectivity index (χ2n) is 4.38. The van der Waals surface area contributed by atoms with E-state index in [2.05, 4.69) is 9.97 Å². The Morgan fingerprint density at radius 2 is 2.10 bits per heavy atom. The average molecular weight is 287 g/mol. The van der Waals surface area contributed by atoms with Crippen LogP contribution in [0.4, 0.5) is 5.82 Å². The van der Waals surface area contributed by atoms with Crippen LogP contribution in [0.1, 0.15) is 5.69 Å². The minimum Gasteiger partial charge on any atom is -0.379 e. The van der Waals surface area contributed by atoms with Crippen LogP contribution in [0, 0.1) is 6.92 Å². The summed E-state index contributed by atoms with van der Waals surface area (Å²) in [5.74, 6) is -0.0527.